The van der Waals surface area contributed by atoms with Crippen LogP contribution in [0.3, 0.4) is 0 Å². The average Bonchev–Trinajstić information content (AvgIpc) is 3.19. The first-order chi connectivity index (χ1) is 28.4. The average molecular weight is 821 g/mol. The fourth-order valence-electron chi connectivity index (χ4n) is 8.04. The van der Waals surface area contributed by atoms with Crippen molar-refractivity contribution < 1.29 is 40.5 Å². The van der Waals surface area contributed by atoms with E-state index in [1.165, 1.54) is 64.2 Å². The predicted octanol–water partition coefficient (Wildman–Crippen LogP) is 13.1. The lowest BCUT2D eigenvalue weighted by molar-refractivity contribution is 0.395. The number of phenols is 7. The predicted molar refractivity (Wildman–Crippen MR) is 242 cm³/mol. The van der Waals surface area contributed by atoms with Gasteiger partial charge in [0.05, 0.1) is 7.11 Å². The summed E-state index contributed by atoms with van der Waals surface area (Å²) < 4.78 is 5.41. The van der Waals surface area contributed by atoms with E-state index in [0.29, 0.717) is 45.6 Å². The maximum Gasteiger partial charge on any atom is 0.126 e. The molecule has 0 fully saturated rings. The molecule has 8 nitrogen and oxygen atoms in total. The molecule has 0 radical (unpaired) electrons. The molecular weight excluding hydrogens is 753 g/mol. The molecule has 1 atom stereocenters. The highest BCUT2D eigenvalue weighted by atomic mass is 16.5. The first-order valence-corrected chi connectivity index (χ1v) is 21.4. The number of methoxy groups -OCH3 is 1. The van der Waals surface area contributed by atoms with Crippen molar-refractivity contribution in [2.45, 2.75) is 135 Å². The van der Waals surface area contributed by atoms with E-state index < -0.39 is 5.92 Å². The summed E-state index contributed by atoms with van der Waals surface area (Å²) in [5, 5.41) is 74.9. The second-order valence-electron chi connectivity index (χ2n) is 18.0. The van der Waals surface area contributed by atoms with Gasteiger partial charge in [0.1, 0.15) is 46.0 Å². The Balaban J connectivity index is 0.000000285. The van der Waals surface area contributed by atoms with Crippen LogP contribution in [-0.4, -0.2) is 42.9 Å². The molecule has 0 saturated heterocycles. The van der Waals surface area contributed by atoms with Crippen LogP contribution in [0.2, 0.25) is 0 Å². The van der Waals surface area contributed by atoms with Crippen LogP contribution >= 0.6 is 0 Å². The second kappa shape index (κ2) is 21.1. The molecule has 5 aromatic carbocycles. The lowest BCUT2D eigenvalue weighted by Crippen LogP contribution is -2.13. The fraction of sp³-hybridized carbons (Fsp3) is 0.423. The number of benzene rings is 5. The molecule has 0 aromatic heterocycles. The van der Waals surface area contributed by atoms with Crippen LogP contribution < -0.4 is 4.74 Å². The van der Waals surface area contributed by atoms with E-state index in [-0.39, 0.29) is 57.0 Å². The molecule has 324 valence electrons. The topological polar surface area (TPSA) is 151 Å². The molecule has 0 amide bonds. The first-order valence-electron chi connectivity index (χ1n) is 21.4. The highest BCUT2D eigenvalue weighted by Gasteiger charge is 2.30. The Hall–Kier alpha value is -5.50. The largest absolute Gasteiger partial charge is 0.508 e. The smallest absolute Gasteiger partial charge is 0.126 e. The van der Waals surface area contributed by atoms with E-state index >= 15 is 0 Å². The van der Waals surface area contributed by atoms with Crippen LogP contribution in [-0.2, 0) is 10.8 Å². The van der Waals surface area contributed by atoms with Crippen LogP contribution in [0.5, 0.6) is 46.0 Å². The van der Waals surface area contributed by atoms with E-state index in [4.69, 9.17) is 4.74 Å². The Morgan fingerprint density at radius 2 is 0.900 bits per heavy atom. The van der Waals surface area contributed by atoms with Gasteiger partial charge in [-0.3, -0.25) is 0 Å². The lowest BCUT2D eigenvalue weighted by atomic mass is 9.79. The molecule has 5 aromatic rings. The van der Waals surface area contributed by atoms with Crippen LogP contribution in [0, 0.1) is 0 Å². The molecule has 0 bridgehead atoms. The number of ether oxygens (including phenoxy) is 1. The molecule has 0 aliphatic rings. The number of rotatable bonds is 16. The Morgan fingerprint density at radius 3 is 1.35 bits per heavy atom. The van der Waals surface area contributed by atoms with Crippen molar-refractivity contribution in [2.75, 3.05) is 7.11 Å². The van der Waals surface area contributed by atoms with Crippen molar-refractivity contribution in [3.05, 3.63) is 130 Å². The lowest BCUT2D eigenvalue weighted by Gasteiger charge is -2.27. The molecule has 0 spiro atoms. The first kappa shape index (κ1) is 47.2. The van der Waals surface area contributed by atoms with Crippen molar-refractivity contribution in [2.24, 2.45) is 0 Å². The number of hydrogen-bond acceptors (Lipinski definition) is 8. The Bertz CT molecular complexity index is 2040. The summed E-state index contributed by atoms with van der Waals surface area (Å²) in [6, 6.07) is 25.5. The van der Waals surface area contributed by atoms with Crippen molar-refractivity contribution in [3.8, 4) is 46.0 Å². The summed E-state index contributed by atoms with van der Waals surface area (Å²) in [5.41, 5.74) is 3.52. The molecule has 7 N–H and O–H groups in total. The van der Waals surface area contributed by atoms with Gasteiger partial charge in [-0.05, 0) is 71.3 Å². The number of unbranched alkanes of at least 4 members (excludes halogenated alkanes) is 8. The fourth-order valence-corrected chi connectivity index (χ4v) is 8.04. The SMILES string of the molecule is CCCCCCCCCCCC(c1cc(O)c(C(C)(C)C)cc1O)c1cc(O)c(C(C)(C)C)cc1O.COc1cccc(O)c1C(c1ccccc1)c1c(O)cccc1O. The third-order valence-corrected chi connectivity index (χ3v) is 11.3. The minimum absolute atomic E-state index is 0.0332. The number of aromatic hydroxyl groups is 7. The molecule has 0 aliphatic carbocycles. The van der Waals surface area contributed by atoms with Gasteiger partial charge in [-0.1, -0.05) is 149 Å². The molecule has 0 heterocycles. The summed E-state index contributed by atoms with van der Waals surface area (Å²) in [7, 11) is 1.52. The van der Waals surface area contributed by atoms with Crippen molar-refractivity contribution in [1.82, 2.24) is 0 Å². The van der Waals surface area contributed by atoms with Gasteiger partial charge >= 0.3 is 0 Å². The summed E-state index contributed by atoms with van der Waals surface area (Å²) in [6.07, 6.45) is 11.6. The monoisotopic (exact) mass is 820 g/mol. The molecule has 0 saturated carbocycles. The van der Waals surface area contributed by atoms with Crippen LogP contribution in [0.25, 0.3) is 0 Å². The van der Waals surface area contributed by atoms with Gasteiger partial charge in [-0.15, -0.1) is 0 Å². The third-order valence-electron chi connectivity index (χ3n) is 11.3. The Kier molecular flexibility index (Phi) is 16.6. The zero-order valence-corrected chi connectivity index (χ0v) is 36.9. The van der Waals surface area contributed by atoms with Gasteiger partial charge in [0, 0.05) is 45.2 Å². The van der Waals surface area contributed by atoms with Crippen LogP contribution in [0.1, 0.15) is 163 Å². The standard InChI is InChI=1S/C32H50O4.C20H18O4/c1-8-9-10-11-12-13-14-15-16-17-22(23-18-29(35)25(20-27(23)33)31(2,3)4)24-19-30(36)26(21-28(24)34)32(5,6)7;1-24-17-12-6-11-16(23)20(17)18(13-7-3-2-4-8-13)19-14(21)9-5-10-15(19)22/h18-22,33-36H,8-17H2,1-7H3;2-12,18,21-23H,1H3. The maximum atomic E-state index is 11.0. The summed E-state index contributed by atoms with van der Waals surface area (Å²) in [4.78, 5) is 0. The quantitative estimate of drug-likeness (QED) is 0.0295. The van der Waals surface area contributed by atoms with E-state index in [9.17, 15) is 35.7 Å². The second-order valence-corrected chi connectivity index (χ2v) is 18.0. The number of hydrogen-bond donors (Lipinski definition) is 7. The van der Waals surface area contributed by atoms with Gasteiger partial charge in [-0.25, -0.2) is 0 Å². The highest BCUT2D eigenvalue weighted by Crippen LogP contribution is 2.49. The van der Waals surface area contributed by atoms with Crippen molar-refractivity contribution >= 4 is 0 Å². The van der Waals surface area contributed by atoms with Gasteiger partial charge in [-0.2, -0.15) is 0 Å². The zero-order chi connectivity index (χ0) is 44.2. The van der Waals surface area contributed by atoms with Gasteiger partial charge in [0.2, 0.25) is 0 Å². The summed E-state index contributed by atoms with van der Waals surface area (Å²) >= 11 is 0. The summed E-state index contributed by atoms with van der Waals surface area (Å²) in [6.45, 7) is 14.2. The number of phenolic OH excluding ortho intramolecular Hbond substituents is 7. The highest BCUT2D eigenvalue weighted by molar-refractivity contribution is 5.61. The van der Waals surface area contributed by atoms with E-state index in [0.717, 1.165) is 18.4 Å². The third kappa shape index (κ3) is 12.0. The normalized spacial score (nSPS) is 12.2. The van der Waals surface area contributed by atoms with Gasteiger partial charge < -0.3 is 40.5 Å². The molecule has 0 aliphatic heterocycles. The summed E-state index contributed by atoms with van der Waals surface area (Å²) in [5.74, 6) is -0.00157. The molecule has 8 heteroatoms. The van der Waals surface area contributed by atoms with Gasteiger partial charge in [0.25, 0.3) is 0 Å². The van der Waals surface area contributed by atoms with Gasteiger partial charge in [0.15, 0.2) is 0 Å². The molecule has 5 rings (SSSR count). The van der Waals surface area contributed by atoms with E-state index in [1.807, 2.05) is 71.9 Å². The maximum absolute atomic E-state index is 11.0. The Labute approximate surface area is 357 Å². The minimum atomic E-state index is -0.580. The molecule has 60 heavy (non-hydrogen) atoms. The van der Waals surface area contributed by atoms with Crippen molar-refractivity contribution in [1.29, 1.82) is 0 Å². The zero-order valence-electron chi connectivity index (χ0n) is 36.9. The minimum Gasteiger partial charge on any atom is -0.508 e. The van der Waals surface area contributed by atoms with Crippen LogP contribution in [0.15, 0.2) is 91.0 Å². The Morgan fingerprint density at radius 1 is 0.467 bits per heavy atom. The van der Waals surface area contributed by atoms with E-state index in [2.05, 4.69) is 6.92 Å². The van der Waals surface area contributed by atoms with Crippen molar-refractivity contribution in [3.63, 3.8) is 0 Å². The molecule has 1 unspecified atom stereocenters. The van der Waals surface area contributed by atoms with E-state index in [1.54, 1.807) is 48.5 Å². The van der Waals surface area contributed by atoms with Crippen LogP contribution in [0.4, 0.5) is 0 Å². The molecular formula is C52H68O8.